The second kappa shape index (κ2) is 20.9. The van der Waals surface area contributed by atoms with Crippen molar-refractivity contribution < 1.29 is 14.3 Å². The third-order valence-corrected chi connectivity index (χ3v) is 5.66. The quantitative estimate of drug-likeness (QED) is 0.196. The van der Waals surface area contributed by atoms with Crippen LogP contribution in [0.1, 0.15) is 66.4 Å². The monoisotopic (exact) mass is 511 g/mol. The number of carbonyl (C=O) groups is 2. The molecule has 6 nitrogen and oxygen atoms in total. The van der Waals surface area contributed by atoms with Crippen molar-refractivity contribution >= 4 is 17.6 Å². The van der Waals surface area contributed by atoms with Crippen molar-refractivity contribution in [1.29, 1.82) is 0 Å². The van der Waals surface area contributed by atoms with Gasteiger partial charge in [0.1, 0.15) is 6.04 Å². The summed E-state index contributed by atoms with van der Waals surface area (Å²) in [6.45, 7) is 17.6. The summed E-state index contributed by atoms with van der Waals surface area (Å²) in [6.07, 6.45) is 12.0. The van der Waals surface area contributed by atoms with Crippen LogP contribution in [0, 0.1) is 5.92 Å². The van der Waals surface area contributed by atoms with Crippen molar-refractivity contribution in [3.05, 3.63) is 78.6 Å². The van der Waals surface area contributed by atoms with E-state index in [1.165, 1.54) is 18.2 Å². The molecule has 0 bridgehead atoms. The molecule has 1 aliphatic heterocycles. The predicted octanol–water partition coefficient (Wildman–Crippen LogP) is 6.73. The lowest BCUT2D eigenvalue weighted by Gasteiger charge is -2.29. The maximum Gasteiger partial charge on any atom is 0.328 e. The number of allylic oxidation sites excluding steroid dienone is 2. The number of nitrogens with zero attached hydrogens (tertiary/aromatic N) is 1. The number of carbonyl (C=O) groups excluding carboxylic acids is 2. The van der Waals surface area contributed by atoms with Crippen LogP contribution >= 0.6 is 0 Å². The number of benzene rings is 1. The highest BCUT2D eigenvalue weighted by Crippen LogP contribution is 2.23. The Morgan fingerprint density at radius 3 is 2.38 bits per heavy atom. The minimum Gasteiger partial charge on any atom is -0.467 e. The van der Waals surface area contributed by atoms with Crippen molar-refractivity contribution in [2.24, 2.45) is 5.92 Å². The van der Waals surface area contributed by atoms with Crippen molar-refractivity contribution in [2.75, 3.05) is 26.7 Å². The third kappa shape index (κ3) is 12.5. The number of esters is 1. The number of ether oxygens (including phenoxy) is 1. The van der Waals surface area contributed by atoms with Gasteiger partial charge in [-0.3, -0.25) is 0 Å². The third-order valence-electron chi connectivity index (χ3n) is 5.66. The lowest BCUT2D eigenvalue weighted by Crippen LogP contribution is -2.49. The van der Waals surface area contributed by atoms with Crippen LogP contribution < -0.4 is 10.6 Å². The predicted molar refractivity (Wildman–Crippen MR) is 157 cm³/mol. The van der Waals surface area contributed by atoms with Crippen LogP contribution in [0.5, 0.6) is 0 Å². The van der Waals surface area contributed by atoms with Gasteiger partial charge < -0.3 is 20.3 Å². The van der Waals surface area contributed by atoms with Crippen molar-refractivity contribution in [3.8, 4) is 0 Å². The van der Waals surface area contributed by atoms with Gasteiger partial charge in [0.2, 0.25) is 0 Å². The Morgan fingerprint density at radius 1 is 1.16 bits per heavy atom. The molecule has 0 radical (unpaired) electrons. The van der Waals surface area contributed by atoms with Gasteiger partial charge in [0.15, 0.2) is 0 Å². The van der Waals surface area contributed by atoms with Gasteiger partial charge in [0.05, 0.1) is 7.11 Å². The Kier molecular flexibility index (Phi) is 19.0. The molecule has 1 aliphatic rings. The molecule has 2 amide bonds. The highest BCUT2D eigenvalue weighted by molar-refractivity contribution is 5.84. The Hall–Kier alpha value is -3.28. The topological polar surface area (TPSA) is 70.7 Å². The van der Waals surface area contributed by atoms with Gasteiger partial charge in [-0.1, -0.05) is 96.2 Å². The molecule has 1 aromatic rings. The average molecular weight is 512 g/mol. The van der Waals surface area contributed by atoms with Gasteiger partial charge in [-0.05, 0) is 41.7 Å². The zero-order valence-electron chi connectivity index (χ0n) is 24.0. The number of nitrogens with one attached hydrogen (secondary N) is 2. The number of amides is 2. The second-order valence-corrected chi connectivity index (χ2v) is 8.06. The Bertz CT molecular complexity index is 875. The maximum atomic E-state index is 13.0. The van der Waals surface area contributed by atoms with Crippen molar-refractivity contribution in [1.82, 2.24) is 15.5 Å². The summed E-state index contributed by atoms with van der Waals surface area (Å²) in [5, 5.41) is 6.09. The lowest BCUT2D eigenvalue weighted by molar-refractivity contribution is -0.142. The maximum absolute atomic E-state index is 13.0. The highest BCUT2D eigenvalue weighted by atomic mass is 16.5. The van der Waals surface area contributed by atoms with E-state index in [1.807, 2.05) is 52.1 Å². The van der Waals surface area contributed by atoms with E-state index in [1.54, 1.807) is 11.0 Å². The van der Waals surface area contributed by atoms with Crippen LogP contribution in [0.4, 0.5) is 4.79 Å². The van der Waals surface area contributed by atoms with Crippen LogP contribution in [0.15, 0.2) is 73.0 Å². The molecule has 2 rings (SSSR count). The average Bonchev–Trinajstić information content (AvgIpc) is 2.97. The van der Waals surface area contributed by atoms with E-state index in [4.69, 9.17) is 4.74 Å². The molecule has 0 spiro atoms. The smallest absolute Gasteiger partial charge is 0.328 e. The fourth-order valence-electron chi connectivity index (χ4n) is 3.69. The summed E-state index contributed by atoms with van der Waals surface area (Å²) in [5.74, 6) is -0.347. The molecule has 0 aromatic heterocycles. The zero-order chi connectivity index (χ0) is 28.1. The summed E-state index contributed by atoms with van der Waals surface area (Å²) >= 11 is 0. The molecule has 0 saturated carbocycles. The molecule has 0 fully saturated rings. The van der Waals surface area contributed by atoms with Crippen LogP contribution in [0.2, 0.25) is 0 Å². The van der Waals surface area contributed by atoms with Crippen LogP contribution in [-0.2, 0) is 9.53 Å². The molecule has 37 heavy (non-hydrogen) atoms. The minimum absolute atomic E-state index is 0.109. The first-order valence-electron chi connectivity index (χ1n) is 13.6. The van der Waals surface area contributed by atoms with Crippen LogP contribution in [0.3, 0.4) is 0 Å². The molecular formula is C31H49N3O3. The van der Waals surface area contributed by atoms with Gasteiger partial charge in [0, 0.05) is 26.1 Å². The second-order valence-electron chi connectivity index (χ2n) is 8.06. The SMILES string of the molecule is C=CCN/C=C(/CC(NC(=O)N1CC=C(c2ccccc2)CC1)C(=O)OC)C(C)/C=C\CC.CC.CC. The first kappa shape index (κ1) is 33.7. The summed E-state index contributed by atoms with van der Waals surface area (Å²) in [5.41, 5.74) is 3.42. The molecule has 1 aromatic carbocycles. The van der Waals surface area contributed by atoms with Crippen LogP contribution in [-0.4, -0.2) is 49.7 Å². The molecule has 2 N–H and O–H groups in total. The first-order valence-corrected chi connectivity index (χ1v) is 13.6. The van der Waals surface area contributed by atoms with Crippen LogP contribution in [0.25, 0.3) is 5.57 Å². The van der Waals surface area contributed by atoms with Gasteiger partial charge in [-0.2, -0.15) is 0 Å². The number of hydrogen-bond donors (Lipinski definition) is 2. The Labute approximate surface area is 225 Å². The number of methoxy groups -OCH3 is 1. The summed E-state index contributed by atoms with van der Waals surface area (Å²) in [6, 6.07) is 9.16. The fourth-order valence-corrected chi connectivity index (χ4v) is 3.69. The molecule has 1 heterocycles. The highest BCUT2D eigenvalue weighted by Gasteiger charge is 2.27. The van der Waals surface area contributed by atoms with Crippen molar-refractivity contribution in [2.45, 2.75) is 66.8 Å². The molecule has 2 atom stereocenters. The number of hydrogen-bond acceptors (Lipinski definition) is 4. The van der Waals surface area contributed by atoms with E-state index in [9.17, 15) is 9.59 Å². The van der Waals surface area contributed by atoms with E-state index >= 15 is 0 Å². The summed E-state index contributed by atoms with van der Waals surface area (Å²) in [4.78, 5) is 27.2. The molecule has 0 aliphatic carbocycles. The minimum atomic E-state index is -0.767. The summed E-state index contributed by atoms with van der Waals surface area (Å²) in [7, 11) is 1.34. The van der Waals surface area contributed by atoms with Gasteiger partial charge in [0.25, 0.3) is 0 Å². The molecule has 0 saturated heterocycles. The number of urea groups is 1. The van der Waals surface area contributed by atoms with E-state index in [0.717, 1.165) is 18.4 Å². The summed E-state index contributed by atoms with van der Waals surface area (Å²) < 4.78 is 5.00. The van der Waals surface area contributed by atoms with Crippen molar-refractivity contribution in [3.63, 3.8) is 0 Å². The molecule has 6 heteroatoms. The van der Waals surface area contributed by atoms with E-state index in [-0.39, 0.29) is 11.9 Å². The van der Waals surface area contributed by atoms with E-state index in [2.05, 4.69) is 61.4 Å². The standard InChI is InChI=1S/C27H37N3O3.2C2H6/c1-5-7-11-21(3)24(20-28-16-6-2)19-25(26(31)33-4)29-27(32)30-17-14-23(15-18-30)22-12-9-8-10-13-22;2*1-2/h6-14,20-21,25,28H,2,5,15-19H2,1,3-4H3,(H,29,32);2*1-2H3/b11-7-,24-20-;;. The van der Waals surface area contributed by atoms with E-state index in [0.29, 0.717) is 26.1 Å². The fraction of sp³-hybridized carbons (Fsp3) is 0.484. The molecule has 2 unspecified atom stereocenters. The Morgan fingerprint density at radius 2 is 1.84 bits per heavy atom. The van der Waals surface area contributed by atoms with Gasteiger partial charge in [-0.15, -0.1) is 6.58 Å². The normalized spacial score (nSPS) is 14.6. The molecule has 206 valence electrons. The first-order chi connectivity index (χ1) is 18.0. The van der Waals surface area contributed by atoms with Gasteiger partial charge >= 0.3 is 12.0 Å². The number of rotatable bonds is 11. The lowest BCUT2D eigenvalue weighted by atomic mass is 9.94. The van der Waals surface area contributed by atoms with E-state index < -0.39 is 12.0 Å². The Balaban J connectivity index is 0.00000308. The molecular weight excluding hydrogens is 462 g/mol. The zero-order valence-corrected chi connectivity index (χ0v) is 24.0. The van der Waals surface area contributed by atoms with Gasteiger partial charge in [-0.25, -0.2) is 9.59 Å². The largest absolute Gasteiger partial charge is 0.467 e.